The van der Waals surface area contributed by atoms with E-state index in [9.17, 15) is 14.9 Å². The molecule has 0 radical (unpaired) electrons. The molecule has 0 aromatic heterocycles. The van der Waals surface area contributed by atoms with E-state index >= 15 is 0 Å². The summed E-state index contributed by atoms with van der Waals surface area (Å²) in [6.07, 6.45) is 1.72. The first-order valence-corrected chi connectivity index (χ1v) is 9.59. The Balaban J connectivity index is 1.72. The molecule has 0 atom stereocenters. The van der Waals surface area contributed by atoms with Gasteiger partial charge in [-0.05, 0) is 64.4 Å². The molecule has 1 heterocycles. The minimum absolute atomic E-state index is 0.0231. The number of nitrogens with one attached hydrogen (secondary N) is 1. The number of hydrogen-bond donors (Lipinski definition) is 1. The van der Waals surface area contributed by atoms with E-state index < -0.39 is 4.92 Å². The van der Waals surface area contributed by atoms with E-state index in [0.717, 1.165) is 5.56 Å². The fraction of sp³-hybridized carbons (Fsp3) is 0.158. The molecule has 28 heavy (non-hydrogen) atoms. The van der Waals surface area contributed by atoms with E-state index in [0.29, 0.717) is 33.1 Å². The van der Waals surface area contributed by atoms with Gasteiger partial charge in [0.1, 0.15) is 18.1 Å². The van der Waals surface area contributed by atoms with Crippen molar-refractivity contribution in [3.63, 3.8) is 0 Å². The Morgan fingerprint density at radius 2 is 2.11 bits per heavy atom. The minimum atomic E-state index is -0.439. The summed E-state index contributed by atoms with van der Waals surface area (Å²) < 4.78 is 6.45. The number of halogens is 1. The van der Waals surface area contributed by atoms with Crippen molar-refractivity contribution >= 4 is 50.9 Å². The highest BCUT2D eigenvalue weighted by molar-refractivity contribution is 9.10. The molecule has 9 heteroatoms. The predicted molar refractivity (Wildman–Crippen MR) is 113 cm³/mol. The standard InChI is InChI=1S/C19H16BrN3O4S/c1-2-22-18(24)16(21-19(22)28)10-12-6-7-17(15(20)9-12)27-11-13-4-3-5-14(8-13)23(25)26/h3-10H,2,11H2,1H3,(H,21,28)/b16-10-. The number of non-ortho nitro benzene ring substituents is 1. The van der Waals surface area contributed by atoms with Crippen LogP contribution in [0, 0.1) is 10.1 Å². The number of hydrogen-bond acceptors (Lipinski definition) is 5. The van der Waals surface area contributed by atoms with Crippen LogP contribution in [-0.4, -0.2) is 27.4 Å². The topological polar surface area (TPSA) is 84.7 Å². The largest absolute Gasteiger partial charge is 0.488 e. The second-order valence-electron chi connectivity index (χ2n) is 5.94. The van der Waals surface area contributed by atoms with Gasteiger partial charge in [0.25, 0.3) is 11.6 Å². The second kappa shape index (κ2) is 8.49. The molecule has 0 spiro atoms. The van der Waals surface area contributed by atoms with Gasteiger partial charge in [0.15, 0.2) is 5.11 Å². The number of nitrogens with zero attached hydrogens (tertiary/aromatic N) is 2. The van der Waals surface area contributed by atoms with Crippen LogP contribution in [0.25, 0.3) is 6.08 Å². The van der Waals surface area contributed by atoms with Gasteiger partial charge in [-0.3, -0.25) is 19.8 Å². The number of amides is 1. The quantitative estimate of drug-likeness (QED) is 0.302. The zero-order valence-electron chi connectivity index (χ0n) is 14.8. The first-order valence-electron chi connectivity index (χ1n) is 8.39. The normalized spacial score (nSPS) is 15.1. The number of nitro benzene ring substituents is 1. The molecular weight excluding hydrogens is 446 g/mol. The molecule has 1 saturated heterocycles. The number of ether oxygens (including phenoxy) is 1. The average molecular weight is 462 g/mol. The summed E-state index contributed by atoms with van der Waals surface area (Å²) in [5.41, 5.74) is 1.94. The summed E-state index contributed by atoms with van der Waals surface area (Å²) in [6, 6.07) is 11.7. The lowest BCUT2D eigenvalue weighted by molar-refractivity contribution is -0.384. The van der Waals surface area contributed by atoms with Crippen LogP contribution in [0.5, 0.6) is 5.75 Å². The van der Waals surface area contributed by atoms with Gasteiger partial charge in [0.2, 0.25) is 0 Å². The van der Waals surface area contributed by atoms with Gasteiger partial charge in [-0.15, -0.1) is 0 Å². The number of benzene rings is 2. The molecule has 0 aliphatic carbocycles. The highest BCUT2D eigenvalue weighted by atomic mass is 79.9. The van der Waals surface area contributed by atoms with Crippen LogP contribution < -0.4 is 10.1 Å². The van der Waals surface area contributed by atoms with Crippen molar-refractivity contribution in [3.8, 4) is 5.75 Å². The number of carbonyl (C=O) groups excluding carboxylic acids is 1. The maximum atomic E-state index is 12.3. The molecule has 0 unspecified atom stereocenters. The zero-order chi connectivity index (χ0) is 20.3. The number of nitro groups is 1. The average Bonchev–Trinajstić information content (AvgIpc) is 2.94. The molecule has 0 saturated carbocycles. The summed E-state index contributed by atoms with van der Waals surface area (Å²) in [6.45, 7) is 2.56. The van der Waals surface area contributed by atoms with Crippen LogP contribution >= 0.6 is 28.1 Å². The van der Waals surface area contributed by atoms with Crippen molar-refractivity contribution in [1.29, 1.82) is 0 Å². The maximum Gasteiger partial charge on any atom is 0.276 e. The van der Waals surface area contributed by atoms with E-state index in [1.54, 1.807) is 24.3 Å². The number of likely N-dealkylation sites (N-methyl/N-ethyl adjacent to an activating group) is 1. The van der Waals surface area contributed by atoms with E-state index in [1.807, 2.05) is 19.1 Å². The molecule has 1 amide bonds. The van der Waals surface area contributed by atoms with Gasteiger partial charge >= 0.3 is 0 Å². The lowest BCUT2D eigenvalue weighted by Crippen LogP contribution is -2.30. The van der Waals surface area contributed by atoms with Crippen molar-refractivity contribution in [2.24, 2.45) is 0 Å². The van der Waals surface area contributed by atoms with Crippen molar-refractivity contribution in [2.45, 2.75) is 13.5 Å². The molecular formula is C19H16BrN3O4S. The third-order valence-corrected chi connectivity index (χ3v) is 5.00. The molecule has 2 aromatic rings. The zero-order valence-corrected chi connectivity index (χ0v) is 17.2. The Labute approximate surface area is 175 Å². The lowest BCUT2D eigenvalue weighted by Gasteiger charge is -2.09. The van der Waals surface area contributed by atoms with Crippen LogP contribution in [0.15, 0.2) is 52.6 Å². The summed E-state index contributed by atoms with van der Waals surface area (Å²) in [5, 5.41) is 14.2. The number of rotatable bonds is 6. The highest BCUT2D eigenvalue weighted by Gasteiger charge is 2.28. The van der Waals surface area contributed by atoms with Crippen molar-refractivity contribution in [3.05, 3.63) is 73.9 Å². The third kappa shape index (κ3) is 4.37. The van der Waals surface area contributed by atoms with E-state index in [4.69, 9.17) is 17.0 Å². The number of carbonyl (C=O) groups is 1. The molecule has 7 nitrogen and oxygen atoms in total. The Bertz CT molecular complexity index is 993. The fourth-order valence-corrected chi connectivity index (χ4v) is 3.50. The Morgan fingerprint density at radius 3 is 2.75 bits per heavy atom. The summed E-state index contributed by atoms with van der Waals surface area (Å²) >= 11 is 8.60. The molecule has 3 rings (SSSR count). The molecule has 1 aliphatic rings. The monoisotopic (exact) mass is 461 g/mol. The first-order chi connectivity index (χ1) is 13.4. The van der Waals surface area contributed by atoms with Gasteiger partial charge in [-0.2, -0.15) is 0 Å². The summed E-state index contributed by atoms with van der Waals surface area (Å²) in [7, 11) is 0. The fourth-order valence-electron chi connectivity index (χ4n) is 2.67. The molecule has 1 fully saturated rings. The first kappa shape index (κ1) is 20.0. The molecule has 1 aliphatic heterocycles. The van der Waals surface area contributed by atoms with Gasteiger partial charge in [-0.1, -0.05) is 18.2 Å². The summed E-state index contributed by atoms with van der Waals surface area (Å²) in [5.74, 6) is 0.430. The van der Waals surface area contributed by atoms with Crippen LogP contribution in [0.1, 0.15) is 18.1 Å². The Morgan fingerprint density at radius 1 is 1.32 bits per heavy atom. The van der Waals surface area contributed by atoms with Gasteiger partial charge in [0, 0.05) is 18.7 Å². The van der Waals surface area contributed by atoms with E-state index in [1.165, 1.54) is 17.0 Å². The molecule has 144 valence electrons. The van der Waals surface area contributed by atoms with Crippen molar-refractivity contribution < 1.29 is 14.5 Å². The second-order valence-corrected chi connectivity index (χ2v) is 7.18. The van der Waals surface area contributed by atoms with Crippen LogP contribution in [0.4, 0.5) is 5.69 Å². The third-order valence-electron chi connectivity index (χ3n) is 4.06. The smallest absolute Gasteiger partial charge is 0.276 e. The van der Waals surface area contributed by atoms with E-state index in [-0.39, 0.29) is 18.2 Å². The highest BCUT2D eigenvalue weighted by Crippen LogP contribution is 2.28. The van der Waals surface area contributed by atoms with Crippen LogP contribution in [-0.2, 0) is 11.4 Å². The van der Waals surface area contributed by atoms with E-state index in [2.05, 4.69) is 21.2 Å². The number of thiocarbonyl (C=S) groups is 1. The SMILES string of the molecule is CCN1C(=O)/C(=C/c2ccc(OCc3cccc([N+](=O)[O-])c3)c(Br)c2)NC1=S. The predicted octanol–water partition coefficient (Wildman–Crippen LogP) is 4.01. The Hall–Kier alpha value is -2.78. The minimum Gasteiger partial charge on any atom is -0.488 e. The molecule has 0 bridgehead atoms. The molecule has 2 aromatic carbocycles. The van der Waals surface area contributed by atoms with Gasteiger partial charge < -0.3 is 10.1 Å². The molecule has 1 N–H and O–H groups in total. The van der Waals surface area contributed by atoms with Crippen LogP contribution in [0.3, 0.4) is 0 Å². The van der Waals surface area contributed by atoms with Gasteiger partial charge in [-0.25, -0.2) is 0 Å². The van der Waals surface area contributed by atoms with Crippen molar-refractivity contribution in [2.75, 3.05) is 6.54 Å². The summed E-state index contributed by atoms with van der Waals surface area (Å²) in [4.78, 5) is 24.2. The maximum absolute atomic E-state index is 12.3. The Kier molecular flexibility index (Phi) is 6.05. The van der Waals surface area contributed by atoms with Gasteiger partial charge in [0.05, 0.1) is 9.40 Å². The van der Waals surface area contributed by atoms with Crippen molar-refractivity contribution in [1.82, 2.24) is 10.2 Å². The lowest BCUT2D eigenvalue weighted by atomic mass is 10.2. The van der Waals surface area contributed by atoms with Crippen LogP contribution in [0.2, 0.25) is 0 Å².